The molecule has 1 aliphatic rings. The van der Waals surface area contributed by atoms with Crippen LogP contribution in [0.2, 0.25) is 0 Å². The SMILES string of the molecule is CNCC(=Cc1ccc2occc2c1)B1OC(C)(C)C(C)(C)O1. The van der Waals surface area contributed by atoms with Crippen molar-refractivity contribution in [1.29, 1.82) is 0 Å². The van der Waals surface area contributed by atoms with E-state index >= 15 is 0 Å². The van der Waals surface area contributed by atoms with Crippen LogP contribution in [0, 0.1) is 0 Å². The topological polar surface area (TPSA) is 43.6 Å². The average Bonchev–Trinajstić information content (AvgIpc) is 3.00. The smallest absolute Gasteiger partial charge is 0.464 e. The molecule has 0 bridgehead atoms. The summed E-state index contributed by atoms with van der Waals surface area (Å²) < 4.78 is 17.7. The molecule has 1 saturated heterocycles. The lowest BCUT2D eigenvalue weighted by atomic mass is 9.77. The van der Waals surface area contributed by atoms with Crippen molar-refractivity contribution in [3.8, 4) is 0 Å². The van der Waals surface area contributed by atoms with E-state index in [1.165, 1.54) is 0 Å². The Morgan fingerprint density at radius 3 is 2.48 bits per heavy atom. The van der Waals surface area contributed by atoms with E-state index < -0.39 is 0 Å². The Bertz CT molecular complexity index is 717. The maximum absolute atomic E-state index is 6.17. The van der Waals surface area contributed by atoms with Crippen molar-refractivity contribution in [2.45, 2.75) is 38.9 Å². The maximum atomic E-state index is 6.17. The highest BCUT2D eigenvalue weighted by molar-refractivity contribution is 6.55. The van der Waals surface area contributed by atoms with E-state index in [2.05, 4.69) is 45.2 Å². The molecule has 0 radical (unpaired) electrons. The number of benzene rings is 1. The molecule has 0 saturated carbocycles. The molecule has 1 fully saturated rings. The highest BCUT2D eigenvalue weighted by Crippen LogP contribution is 2.38. The van der Waals surface area contributed by atoms with Crippen LogP contribution in [0.15, 0.2) is 40.4 Å². The number of likely N-dealkylation sites (N-methyl/N-ethyl adjacent to an activating group) is 1. The van der Waals surface area contributed by atoms with Gasteiger partial charge < -0.3 is 19.0 Å². The van der Waals surface area contributed by atoms with Crippen LogP contribution in [0.5, 0.6) is 0 Å². The van der Waals surface area contributed by atoms with Crippen molar-refractivity contribution < 1.29 is 13.7 Å². The Morgan fingerprint density at radius 1 is 1.13 bits per heavy atom. The maximum Gasteiger partial charge on any atom is 0.491 e. The van der Waals surface area contributed by atoms with Crippen molar-refractivity contribution in [3.63, 3.8) is 0 Å². The lowest BCUT2D eigenvalue weighted by Gasteiger charge is -2.32. The predicted octanol–water partition coefficient (Wildman–Crippen LogP) is 3.67. The normalized spacial score (nSPS) is 20.4. The van der Waals surface area contributed by atoms with Crippen LogP contribution in [0.1, 0.15) is 33.3 Å². The largest absolute Gasteiger partial charge is 0.491 e. The van der Waals surface area contributed by atoms with Gasteiger partial charge in [0, 0.05) is 11.9 Å². The first-order valence-corrected chi connectivity index (χ1v) is 8.00. The fourth-order valence-corrected chi connectivity index (χ4v) is 2.69. The molecule has 0 atom stereocenters. The monoisotopic (exact) mass is 313 g/mol. The van der Waals surface area contributed by atoms with Gasteiger partial charge in [-0.1, -0.05) is 12.1 Å². The summed E-state index contributed by atoms with van der Waals surface area (Å²) in [7, 11) is 1.59. The van der Waals surface area contributed by atoms with E-state index in [0.29, 0.717) is 6.54 Å². The molecule has 2 heterocycles. The molecule has 1 aromatic heterocycles. The number of nitrogens with one attached hydrogen (secondary N) is 1. The highest BCUT2D eigenvalue weighted by Gasteiger charge is 2.52. The fraction of sp³-hybridized carbons (Fsp3) is 0.444. The van der Waals surface area contributed by atoms with Crippen LogP contribution in [-0.2, 0) is 9.31 Å². The minimum absolute atomic E-state index is 0.334. The molecular formula is C18H24BNO3. The molecule has 1 aromatic carbocycles. The van der Waals surface area contributed by atoms with Crippen LogP contribution in [0.25, 0.3) is 17.0 Å². The Kier molecular flexibility index (Phi) is 4.13. The molecule has 0 aliphatic carbocycles. The minimum atomic E-state index is -0.340. The fourth-order valence-electron chi connectivity index (χ4n) is 2.69. The van der Waals surface area contributed by atoms with E-state index in [-0.39, 0.29) is 18.3 Å². The van der Waals surface area contributed by atoms with Gasteiger partial charge in [0.15, 0.2) is 0 Å². The summed E-state index contributed by atoms with van der Waals surface area (Å²) in [5.41, 5.74) is 2.42. The molecule has 0 spiro atoms. The Balaban J connectivity index is 1.92. The molecule has 23 heavy (non-hydrogen) atoms. The van der Waals surface area contributed by atoms with Crippen LogP contribution < -0.4 is 5.32 Å². The summed E-state index contributed by atoms with van der Waals surface area (Å²) in [5, 5.41) is 4.30. The quantitative estimate of drug-likeness (QED) is 0.875. The molecular weight excluding hydrogens is 289 g/mol. The van der Waals surface area contributed by atoms with Gasteiger partial charge in [0.25, 0.3) is 0 Å². The lowest BCUT2D eigenvalue weighted by molar-refractivity contribution is 0.00578. The van der Waals surface area contributed by atoms with Gasteiger partial charge in [-0.25, -0.2) is 0 Å². The van der Waals surface area contributed by atoms with E-state index in [4.69, 9.17) is 13.7 Å². The molecule has 0 amide bonds. The lowest BCUT2D eigenvalue weighted by Crippen LogP contribution is -2.41. The second-order valence-electron chi connectivity index (χ2n) is 7.06. The van der Waals surface area contributed by atoms with Gasteiger partial charge in [0.05, 0.1) is 17.5 Å². The summed E-state index contributed by atoms with van der Waals surface area (Å²) >= 11 is 0. The standard InChI is InChI=1S/C18H24BNO3/c1-17(2)18(3,4)23-19(22-17)15(12-20-5)11-13-6-7-16-14(10-13)8-9-21-16/h6-11,20H,12H2,1-5H3. The predicted molar refractivity (Wildman–Crippen MR) is 94.2 cm³/mol. The molecule has 1 N–H and O–H groups in total. The zero-order valence-corrected chi connectivity index (χ0v) is 14.5. The third-order valence-electron chi connectivity index (χ3n) is 4.77. The third-order valence-corrected chi connectivity index (χ3v) is 4.77. The average molecular weight is 313 g/mol. The molecule has 3 rings (SSSR count). The number of hydrogen-bond donors (Lipinski definition) is 1. The summed E-state index contributed by atoms with van der Waals surface area (Å²) in [6.07, 6.45) is 3.84. The van der Waals surface area contributed by atoms with Crippen molar-refractivity contribution in [2.24, 2.45) is 0 Å². The number of furan rings is 1. The van der Waals surface area contributed by atoms with Crippen molar-refractivity contribution in [3.05, 3.63) is 41.6 Å². The van der Waals surface area contributed by atoms with Gasteiger partial charge in [-0.05, 0) is 64.0 Å². The van der Waals surface area contributed by atoms with Gasteiger partial charge >= 0.3 is 7.12 Å². The first-order valence-electron chi connectivity index (χ1n) is 8.00. The van der Waals surface area contributed by atoms with Crippen molar-refractivity contribution in [1.82, 2.24) is 5.32 Å². The molecule has 1 aliphatic heterocycles. The highest BCUT2D eigenvalue weighted by atomic mass is 16.7. The second kappa shape index (κ2) is 5.82. The first kappa shape index (κ1) is 16.3. The van der Waals surface area contributed by atoms with E-state index in [9.17, 15) is 0 Å². The van der Waals surface area contributed by atoms with Gasteiger partial charge in [-0.15, -0.1) is 0 Å². The van der Waals surface area contributed by atoms with Crippen LogP contribution in [-0.4, -0.2) is 31.9 Å². The summed E-state index contributed by atoms with van der Waals surface area (Å²) in [6.45, 7) is 8.99. The van der Waals surface area contributed by atoms with Gasteiger partial charge in [0.1, 0.15) is 5.58 Å². The number of fused-ring (bicyclic) bond motifs is 1. The first-order chi connectivity index (χ1) is 10.8. The summed E-state index contributed by atoms with van der Waals surface area (Å²) in [5.74, 6) is 0. The van der Waals surface area contributed by atoms with E-state index in [1.807, 2.05) is 25.2 Å². The number of rotatable bonds is 4. The summed E-state index contributed by atoms with van der Waals surface area (Å²) in [4.78, 5) is 0. The Morgan fingerprint density at radius 2 is 1.83 bits per heavy atom. The molecule has 4 nitrogen and oxygen atoms in total. The Labute approximate surface area is 138 Å². The molecule has 5 heteroatoms. The minimum Gasteiger partial charge on any atom is -0.464 e. The van der Waals surface area contributed by atoms with Gasteiger partial charge in [0.2, 0.25) is 0 Å². The molecule has 0 unspecified atom stereocenters. The van der Waals surface area contributed by atoms with Crippen LogP contribution >= 0.6 is 0 Å². The summed E-state index contributed by atoms with van der Waals surface area (Å²) in [6, 6.07) is 8.12. The van der Waals surface area contributed by atoms with E-state index in [0.717, 1.165) is 22.0 Å². The van der Waals surface area contributed by atoms with Crippen molar-refractivity contribution in [2.75, 3.05) is 13.6 Å². The third kappa shape index (κ3) is 3.09. The number of hydrogen-bond acceptors (Lipinski definition) is 4. The zero-order valence-electron chi connectivity index (χ0n) is 14.5. The van der Waals surface area contributed by atoms with Crippen LogP contribution in [0.4, 0.5) is 0 Å². The van der Waals surface area contributed by atoms with Crippen LogP contribution in [0.3, 0.4) is 0 Å². The van der Waals surface area contributed by atoms with E-state index in [1.54, 1.807) is 6.26 Å². The van der Waals surface area contributed by atoms with Gasteiger partial charge in [-0.2, -0.15) is 0 Å². The Hall–Kier alpha value is -1.56. The van der Waals surface area contributed by atoms with Crippen molar-refractivity contribution >= 4 is 24.2 Å². The molecule has 2 aromatic rings. The second-order valence-corrected chi connectivity index (χ2v) is 7.06. The zero-order chi connectivity index (χ0) is 16.7. The van der Waals surface area contributed by atoms with Gasteiger partial charge in [-0.3, -0.25) is 0 Å². The molecule has 122 valence electrons.